The second-order valence-corrected chi connectivity index (χ2v) is 7.10. The average Bonchev–Trinajstić information content (AvgIpc) is 2.54. The molecule has 0 bridgehead atoms. The summed E-state index contributed by atoms with van der Waals surface area (Å²) in [4.78, 5) is 10.6. The largest absolute Gasteiger partial charge is 0.545 e. The summed E-state index contributed by atoms with van der Waals surface area (Å²) in [7, 11) is -3.97. The zero-order valence-corrected chi connectivity index (χ0v) is 12.8. The number of carboxylic acids is 1. The molecular weight excluding hydrogens is 321 g/mol. The number of hydrogen-bond acceptors (Lipinski definition) is 4. The lowest BCUT2D eigenvalue weighted by atomic mass is 10.0. The number of carbonyl (C=O) groups is 1. The maximum Gasteiger partial charge on any atom is 0.264 e. The van der Waals surface area contributed by atoms with Crippen LogP contribution < -0.4 is 9.41 Å². The number of aromatic carboxylic acids is 1. The third kappa shape index (κ3) is 2.68. The number of benzene rings is 2. The fraction of sp³-hybridized carbons (Fsp3) is 0.188. The maximum atomic E-state index is 13.5. The van der Waals surface area contributed by atoms with Crippen LogP contribution in [0.4, 0.5) is 10.1 Å². The highest BCUT2D eigenvalue weighted by Gasteiger charge is 2.29. The van der Waals surface area contributed by atoms with E-state index in [-0.39, 0.29) is 11.4 Å². The first kappa shape index (κ1) is 15.5. The van der Waals surface area contributed by atoms with Gasteiger partial charge in [-0.3, -0.25) is 4.31 Å². The van der Waals surface area contributed by atoms with Crippen LogP contribution >= 0.6 is 0 Å². The minimum absolute atomic E-state index is 0.269. The highest BCUT2D eigenvalue weighted by Crippen LogP contribution is 2.32. The van der Waals surface area contributed by atoms with Crippen LogP contribution in [-0.2, 0) is 16.4 Å². The Morgan fingerprint density at radius 1 is 1.17 bits per heavy atom. The topological polar surface area (TPSA) is 77.5 Å². The van der Waals surface area contributed by atoms with Crippen LogP contribution in [0.2, 0.25) is 0 Å². The second kappa shape index (κ2) is 5.66. The molecule has 0 amide bonds. The molecule has 0 unspecified atom stereocenters. The Morgan fingerprint density at radius 3 is 2.65 bits per heavy atom. The summed E-state index contributed by atoms with van der Waals surface area (Å²) >= 11 is 0. The van der Waals surface area contributed by atoms with Crippen LogP contribution in [-0.4, -0.2) is 20.9 Å². The Bertz CT molecular complexity index is 879. The fourth-order valence-electron chi connectivity index (χ4n) is 2.70. The first-order chi connectivity index (χ1) is 10.9. The van der Waals surface area contributed by atoms with Crippen LogP contribution in [0.5, 0.6) is 0 Å². The number of carboxylic acid groups (broad SMARTS) is 1. The number of nitrogens with zero attached hydrogens (tertiary/aromatic N) is 1. The number of para-hydroxylation sites is 1. The van der Waals surface area contributed by atoms with E-state index in [4.69, 9.17) is 0 Å². The number of fused-ring (bicyclic) bond motifs is 1. The predicted octanol–water partition coefficient (Wildman–Crippen LogP) is 1.33. The molecule has 0 saturated carbocycles. The van der Waals surface area contributed by atoms with Gasteiger partial charge in [0.2, 0.25) is 0 Å². The quantitative estimate of drug-likeness (QED) is 0.848. The number of sulfonamides is 1. The minimum Gasteiger partial charge on any atom is -0.545 e. The molecule has 0 radical (unpaired) electrons. The van der Waals surface area contributed by atoms with E-state index in [9.17, 15) is 22.7 Å². The zero-order chi connectivity index (χ0) is 16.6. The van der Waals surface area contributed by atoms with Crippen molar-refractivity contribution in [2.24, 2.45) is 0 Å². The predicted molar refractivity (Wildman–Crippen MR) is 80.0 cm³/mol. The third-order valence-corrected chi connectivity index (χ3v) is 5.62. The molecule has 120 valence electrons. The van der Waals surface area contributed by atoms with E-state index >= 15 is 0 Å². The molecule has 5 nitrogen and oxygen atoms in total. The van der Waals surface area contributed by atoms with Crippen LogP contribution in [0.1, 0.15) is 22.3 Å². The normalized spacial score (nSPS) is 14.4. The number of hydrogen-bond donors (Lipinski definition) is 0. The van der Waals surface area contributed by atoms with Gasteiger partial charge in [0, 0.05) is 12.1 Å². The van der Waals surface area contributed by atoms with Gasteiger partial charge in [0.05, 0.1) is 16.6 Å². The van der Waals surface area contributed by atoms with Crippen molar-refractivity contribution in [2.45, 2.75) is 17.7 Å². The molecule has 1 heterocycles. The molecule has 23 heavy (non-hydrogen) atoms. The lowest BCUT2D eigenvalue weighted by Gasteiger charge is -2.30. The van der Waals surface area contributed by atoms with E-state index in [1.807, 2.05) is 12.1 Å². The fourth-order valence-corrected chi connectivity index (χ4v) is 4.27. The molecule has 0 aliphatic carbocycles. The zero-order valence-electron chi connectivity index (χ0n) is 12.0. The van der Waals surface area contributed by atoms with Crippen molar-refractivity contribution in [2.75, 3.05) is 10.8 Å². The molecule has 1 aliphatic heterocycles. The standard InChI is InChI=1S/C16H14FNO4S/c17-14-8-7-12(10-13(14)16(19)20)23(21,22)18-9-3-5-11-4-1-2-6-15(11)18/h1-2,4,6-8,10H,3,5,9H2,(H,19,20)/p-1. The van der Waals surface area contributed by atoms with E-state index in [0.717, 1.165) is 30.2 Å². The van der Waals surface area contributed by atoms with Crippen LogP contribution in [0.15, 0.2) is 47.4 Å². The highest BCUT2D eigenvalue weighted by atomic mass is 32.2. The van der Waals surface area contributed by atoms with Crippen molar-refractivity contribution < 1.29 is 22.7 Å². The monoisotopic (exact) mass is 334 g/mol. The Kier molecular flexibility index (Phi) is 3.81. The molecule has 2 aromatic carbocycles. The van der Waals surface area contributed by atoms with Crippen molar-refractivity contribution in [1.29, 1.82) is 0 Å². The molecule has 0 saturated heterocycles. The van der Waals surface area contributed by atoms with E-state index in [1.54, 1.807) is 12.1 Å². The van der Waals surface area contributed by atoms with Crippen LogP contribution in [0.25, 0.3) is 0 Å². The van der Waals surface area contributed by atoms with Gasteiger partial charge in [0.25, 0.3) is 10.0 Å². The van der Waals surface area contributed by atoms with Crippen LogP contribution in [0, 0.1) is 5.82 Å². The molecule has 2 aromatic rings. The molecule has 0 atom stereocenters. The van der Waals surface area contributed by atoms with Gasteiger partial charge in [-0.05, 0) is 42.7 Å². The van der Waals surface area contributed by atoms with Crippen molar-refractivity contribution in [3.63, 3.8) is 0 Å². The van der Waals surface area contributed by atoms with E-state index in [0.29, 0.717) is 12.1 Å². The number of aryl methyl sites for hydroxylation is 1. The van der Waals surface area contributed by atoms with E-state index in [1.165, 1.54) is 4.31 Å². The number of anilines is 1. The summed E-state index contributed by atoms with van der Waals surface area (Å²) < 4.78 is 40.3. The number of rotatable bonds is 3. The van der Waals surface area contributed by atoms with Gasteiger partial charge in [0.15, 0.2) is 0 Å². The third-order valence-electron chi connectivity index (χ3n) is 3.81. The Morgan fingerprint density at radius 2 is 1.91 bits per heavy atom. The SMILES string of the molecule is O=C([O-])c1cc(S(=O)(=O)N2CCCc3ccccc32)ccc1F. The summed E-state index contributed by atoms with van der Waals surface area (Å²) in [6, 6.07) is 9.83. The van der Waals surface area contributed by atoms with Gasteiger partial charge in [-0.15, -0.1) is 0 Å². The molecule has 3 rings (SSSR count). The van der Waals surface area contributed by atoms with Crippen molar-refractivity contribution in [3.8, 4) is 0 Å². The van der Waals surface area contributed by atoms with Crippen molar-refractivity contribution in [3.05, 3.63) is 59.4 Å². The summed E-state index contributed by atoms with van der Waals surface area (Å²) in [5, 5.41) is 10.9. The number of carbonyl (C=O) groups excluding carboxylic acids is 1. The van der Waals surface area contributed by atoms with Crippen LogP contribution in [0.3, 0.4) is 0 Å². The Balaban J connectivity index is 2.10. The molecular formula is C16H13FNO4S-. The van der Waals surface area contributed by atoms with Gasteiger partial charge in [-0.25, -0.2) is 12.8 Å². The van der Waals surface area contributed by atoms with Gasteiger partial charge in [0.1, 0.15) is 5.82 Å². The average molecular weight is 334 g/mol. The lowest BCUT2D eigenvalue weighted by molar-refractivity contribution is -0.255. The van der Waals surface area contributed by atoms with Gasteiger partial charge < -0.3 is 9.90 Å². The molecule has 0 fully saturated rings. The Hall–Kier alpha value is -2.41. The summed E-state index contributed by atoms with van der Waals surface area (Å²) in [5.41, 5.74) is 0.707. The summed E-state index contributed by atoms with van der Waals surface area (Å²) in [6.45, 7) is 0.289. The molecule has 0 aromatic heterocycles. The molecule has 0 spiro atoms. The molecule has 7 heteroatoms. The van der Waals surface area contributed by atoms with Gasteiger partial charge in [-0.2, -0.15) is 0 Å². The summed E-state index contributed by atoms with van der Waals surface area (Å²) in [6.07, 6.45) is 1.43. The van der Waals surface area contributed by atoms with E-state index in [2.05, 4.69) is 0 Å². The van der Waals surface area contributed by atoms with Crippen molar-refractivity contribution >= 4 is 21.7 Å². The first-order valence-corrected chi connectivity index (χ1v) is 8.47. The van der Waals surface area contributed by atoms with Gasteiger partial charge >= 0.3 is 0 Å². The van der Waals surface area contributed by atoms with Gasteiger partial charge in [-0.1, -0.05) is 18.2 Å². The minimum atomic E-state index is -3.97. The smallest absolute Gasteiger partial charge is 0.264 e. The Labute approximate surface area is 133 Å². The second-order valence-electron chi connectivity index (χ2n) is 5.24. The first-order valence-electron chi connectivity index (χ1n) is 7.03. The highest BCUT2D eigenvalue weighted by molar-refractivity contribution is 7.92. The van der Waals surface area contributed by atoms with E-state index < -0.39 is 27.4 Å². The molecule has 1 aliphatic rings. The lowest BCUT2D eigenvalue weighted by Crippen LogP contribution is -2.35. The van der Waals surface area contributed by atoms with Crippen molar-refractivity contribution in [1.82, 2.24) is 0 Å². The molecule has 0 N–H and O–H groups in total. The summed E-state index contributed by atoms with van der Waals surface area (Å²) in [5.74, 6) is -2.78. The number of halogens is 1. The maximum absolute atomic E-state index is 13.5.